The number of ether oxygens (including phenoxy) is 1. The molecule has 6 nitrogen and oxygen atoms in total. The Morgan fingerprint density at radius 3 is 2.30 bits per heavy atom. The Kier molecular flexibility index (Phi) is 9.67. The summed E-state index contributed by atoms with van der Waals surface area (Å²) >= 11 is 0. The van der Waals surface area contributed by atoms with E-state index in [2.05, 4.69) is 16.8 Å². The molecule has 0 aliphatic rings. The molecule has 0 aromatic carbocycles. The van der Waals surface area contributed by atoms with Gasteiger partial charge in [-0.05, 0) is 31.7 Å². The van der Waals surface area contributed by atoms with Gasteiger partial charge in [0.2, 0.25) is 0 Å². The fourth-order valence-electron chi connectivity index (χ4n) is 0.938. The van der Waals surface area contributed by atoms with Gasteiger partial charge in [-0.3, -0.25) is 4.89 Å². The summed E-state index contributed by atoms with van der Waals surface area (Å²) in [6.07, 6.45) is 5.45. The summed E-state index contributed by atoms with van der Waals surface area (Å²) in [6, 6.07) is 0. The van der Waals surface area contributed by atoms with Crippen molar-refractivity contribution in [3.8, 4) is 0 Å². The summed E-state index contributed by atoms with van der Waals surface area (Å²) in [4.78, 5) is 31.5. The van der Waals surface area contributed by atoms with Crippen molar-refractivity contribution in [2.75, 3.05) is 6.61 Å². The quantitative estimate of drug-likeness (QED) is 0.202. The Balaban J connectivity index is 3.79. The van der Waals surface area contributed by atoms with Gasteiger partial charge in [-0.2, -0.15) is 4.89 Å². The molecule has 0 N–H and O–H groups in total. The highest BCUT2D eigenvalue weighted by atomic mass is 17.5. The highest BCUT2D eigenvalue weighted by molar-refractivity contribution is 5.91. The fraction of sp³-hybridized carbons (Fsp3) is 0.714. The summed E-state index contributed by atoms with van der Waals surface area (Å²) in [5.41, 5.74) is -0.553. The maximum absolute atomic E-state index is 11.2. The minimum atomic E-state index is -0.845. The minimum absolute atomic E-state index is 0.344. The third-order valence-corrected chi connectivity index (χ3v) is 2.57. The molecule has 0 amide bonds. The molecular formula is C14H24O6. The lowest BCUT2D eigenvalue weighted by Crippen LogP contribution is -2.24. The van der Waals surface area contributed by atoms with Crippen LogP contribution in [0.3, 0.4) is 0 Å². The van der Waals surface area contributed by atoms with Crippen molar-refractivity contribution in [2.45, 2.75) is 59.0 Å². The molecule has 0 aromatic heterocycles. The van der Waals surface area contributed by atoms with Crippen LogP contribution in [0.25, 0.3) is 0 Å². The van der Waals surface area contributed by atoms with Crippen LogP contribution in [0.4, 0.5) is 0 Å². The zero-order valence-corrected chi connectivity index (χ0v) is 12.6. The minimum Gasteiger partial charge on any atom is -0.463 e. The SMILES string of the molecule is CCCCCOC(=O)/C=C/C(=O)OOOC(C)(C)CC. The van der Waals surface area contributed by atoms with E-state index >= 15 is 0 Å². The number of unbranched alkanes of at least 4 members (excludes halogenated alkanes) is 2. The fourth-order valence-corrected chi connectivity index (χ4v) is 0.938. The molecule has 0 rings (SSSR count). The van der Waals surface area contributed by atoms with Crippen LogP contribution in [0.1, 0.15) is 53.4 Å². The van der Waals surface area contributed by atoms with E-state index in [0.29, 0.717) is 13.0 Å². The number of hydrogen-bond acceptors (Lipinski definition) is 6. The molecule has 6 heteroatoms. The molecule has 0 fully saturated rings. The van der Waals surface area contributed by atoms with Crippen LogP contribution in [-0.4, -0.2) is 24.1 Å². The van der Waals surface area contributed by atoms with Crippen molar-refractivity contribution < 1.29 is 29.1 Å². The lowest BCUT2D eigenvalue weighted by molar-refractivity contribution is -0.515. The molecule has 0 bridgehead atoms. The van der Waals surface area contributed by atoms with Gasteiger partial charge in [-0.25, -0.2) is 9.59 Å². The van der Waals surface area contributed by atoms with Crippen LogP contribution in [0.5, 0.6) is 0 Å². The molecule has 0 heterocycles. The summed E-state index contributed by atoms with van der Waals surface area (Å²) < 4.78 is 4.87. The standard InChI is InChI=1S/C14H24O6/c1-5-7-8-11-17-12(15)9-10-13(16)18-20-19-14(3,4)6-2/h9-10H,5-8,11H2,1-4H3/b10-9+. The van der Waals surface area contributed by atoms with Crippen molar-refractivity contribution >= 4 is 11.9 Å². The molecule has 20 heavy (non-hydrogen) atoms. The van der Waals surface area contributed by atoms with Crippen LogP contribution in [0.2, 0.25) is 0 Å². The third-order valence-electron chi connectivity index (χ3n) is 2.57. The zero-order chi connectivity index (χ0) is 15.4. The van der Waals surface area contributed by atoms with Gasteiger partial charge < -0.3 is 4.74 Å². The molecule has 116 valence electrons. The summed E-state index contributed by atoms with van der Waals surface area (Å²) in [6.45, 7) is 7.87. The van der Waals surface area contributed by atoms with E-state index in [1.807, 2.05) is 6.92 Å². The molecule has 0 saturated carbocycles. The van der Waals surface area contributed by atoms with E-state index in [-0.39, 0.29) is 0 Å². The Hall–Kier alpha value is -1.40. The van der Waals surface area contributed by atoms with Crippen molar-refractivity contribution in [2.24, 2.45) is 0 Å². The first-order valence-corrected chi connectivity index (χ1v) is 6.82. The van der Waals surface area contributed by atoms with Crippen LogP contribution in [-0.2, 0) is 29.1 Å². The summed E-state index contributed by atoms with van der Waals surface area (Å²) in [5, 5.41) is 4.34. The summed E-state index contributed by atoms with van der Waals surface area (Å²) in [5.74, 6) is -1.43. The second kappa shape index (κ2) is 10.4. The highest BCUT2D eigenvalue weighted by Gasteiger charge is 2.18. The molecule has 0 aliphatic heterocycles. The highest BCUT2D eigenvalue weighted by Crippen LogP contribution is 2.13. The monoisotopic (exact) mass is 288 g/mol. The average molecular weight is 288 g/mol. The Morgan fingerprint density at radius 1 is 1.05 bits per heavy atom. The van der Waals surface area contributed by atoms with E-state index in [0.717, 1.165) is 31.4 Å². The molecule has 0 saturated heterocycles. The largest absolute Gasteiger partial charge is 0.463 e. The van der Waals surface area contributed by atoms with E-state index in [4.69, 9.17) is 9.62 Å². The molecular weight excluding hydrogens is 264 g/mol. The number of rotatable bonds is 10. The van der Waals surface area contributed by atoms with Gasteiger partial charge >= 0.3 is 11.9 Å². The van der Waals surface area contributed by atoms with E-state index in [1.165, 1.54) is 0 Å². The predicted octanol–water partition coefficient (Wildman–Crippen LogP) is 2.87. The first-order valence-electron chi connectivity index (χ1n) is 6.82. The van der Waals surface area contributed by atoms with Crippen LogP contribution in [0.15, 0.2) is 12.2 Å². The Bertz CT molecular complexity index is 322. The molecule has 0 unspecified atom stereocenters. The first-order chi connectivity index (χ1) is 9.41. The van der Waals surface area contributed by atoms with Gasteiger partial charge in [0.1, 0.15) is 5.60 Å². The number of carbonyl (C=O) groups is 2. The Labute approximate surface area is 119 Å². The smallest absolute Gasteiger partial charge is 0.369 e. The predicted molar refractivity (Wildman–Crippen MR) is 72.3 cm³/mol. The number of hydrogen-bond donors (Lipinski definition) is 0. The Morgan fingerprint density at radius 2 is 1.70 bits per heavy atom. The lowest BCUT2D eigenvalue weighted by atomic mass is 10.1. The number of esters is 1. The molecule has 0 radical (unpaired) electrons. The van der Waals surface area contributed by atoms with E-state index in [9.17, 15) is 9.59 Å². The molecule has 0 spiro atoms. The van der Waals surface area contributed by atoms with Crippen molar-refractivity contribution in [1.82, 2.24) is 0 Å². The van der Waals surface area contributed by atoms with Crippen LogP contribution >= 0.6 is 0 Å². The molecule has 0 atom stereocenters. The first kappa shape index (κ1) is 18.6. The zero-order valence-electron chi connectivity index (χ0n) is 12.6. The van der Waals surface area contributed by atoms with Gasteiger partial charge in [0.25, 0.3) is 0 Å². The second-order valence-corrected chi connectivity index (χ2v) is 4.87. The van der Waals surface area contributed by atoms with E-state index < -0.39 is 17.5 Å². The van der Waals surface area contributed by atoms with Gasteiger partial charge in [-0.1, -0.05) is 26.7 Å². The topological polar surface area (TPSA) is 71.1 Å². The molecule has 0 aromatic rings. The van der Waals surface area contributed by atoms with Crippen LogP contribution in [0, 0.1) is 0 Å². The van der Waals surface area contributed by atoms with Gasteiger partial charge in [-0.15, -0.1) is 0 Å². The average Bonchev–Trinajstić information content (AvgIpc) is 2.41. The van der Waals surface area contributed by atoms with Crippen molar-refractivity contribution in [1.29, 1.82) is 0 Å². The number of carbonyl (C=O) groups excluding carboxylic acids is 2. The third kappa shape index (κ3) is 10.5. The van der Waals surface area contributed by atoms with Crippen molar-refractivity contribution in [3.05, 3.63) is 12.2 Å². The maximum atomic E-state index is 11.2. The maximum Gasteiger partial charge on any atom is 0.369 e. The molecule has 0 aliphatic carbocycles. The van der Waals surface area contributed by atoms with E-state index in [1.54, 1.807) is 13.8 Å². The van der Waals surface area contributed by atoms with Gasteiger partial charge in [0.05, 0.1) is 6.61 Å². The van der Waals surface area contributed by atoms with Gasteiger partial charge in [0, 0.05) is 12.2 Å². The normalized spacial score (nSPS) is 11.6. The van der Waals surface area contributed by atoms with Crippen molar-refractivity contribution in [3.63, 3.8) is 0 Å². The summed E-state index contributed by atoms with van der Waals surface area (Å²) in [7, 11) is 0. The van der Waals surface area contributed by atoms with Crippen LogP contribution < -0.4 is 0 Å². The second-order valence-electron chi connectivity index (χ2n) is 4.87. The van der Waals surface area contributed by atoms with Gasteiger partial charge in [0.15, 0.2) is 0 Å². The lowest BCUT2D eigenvalue weighted by Gasteiger charge is -2.19.